The van der Waals surface area contributed by atoms with Gasteiger partial charge in [0.25, 0.3) is 5.56 Å². The van der Waals surface area contributed by atoms with Crippen LogP contribution in [0.1, 0.15) is 33.1 Å². The van der Waals surface area contributed by atoms with Crippen molar-refractivity contribution in [1.82, 2.24) is 4.98 Å². The third kappa shape index (κ3) is 2.58. The van der Waals surface area contributed by atoms with Gasteiger partial charge in [0.15, 0.2) is 0 Å². The first-order valence-corrected chi connectivity index (χ1v) is 7.52. The summed E-state index contributed by atoms with van der Waals surface area (Å²) < 4.78 is 0. The Hall–Kier alpha value is -1.77. The lowest BCUT2D eigenvalue weighted by Crippen LogP contribution is -2.33. The van der Waals surface area contributed by atoms with Crippen molar-refractivity contribution < 1.29 is 0 Å². The number of rotatable bonds is 2. The summed E-state index contributed by atoms with van der Waals surface area (Å²) in [6.45, 7) is 4.62. The van der Waals surface area contributed by atoms with Crippen LogP contribution >= 0.6 is 0 Å². The highest BCUT2D eigenvalue weighted by Crippen LogP contribution is 2.30. The molecule has 0 aliphatic heterocycles. The minimum Gasteiger partial charge on any atom is -0.369 e. The predicted molar refractivity (Wildman–Crippen MR) is 84.2 cm³/mol. The van der Waals surface area contributed by atoms with Gasteiger partial charge in [-0.05, 0) is 48.6 Å². The lowest BCUT2D eigenvalue weighted by molar-refractivity contribution is 0.276. The Balaban J connectivity index is 1.86. The van der Waals surface area contributed by atoms with Crippen LogP contribution in [0.2, 0.25) is 0 Å². The molecule has 106 valence electrons. The van der Waals surface area contributed by atoms with Gasteiger partial charge in [-0.15, -0.1) is 0 Å². The van der Waals surface area contributed by atoms with Crippen LogP contribution in [0.15, 0.2) is 35.1 Å². The fourth-order valence-electron chi connectivity index (χ4n) is 3.37. The molecule has 3 rings (SSSR count). The monoisotopic (exact) mass is 270 g/mol. The van der Waals surface area contributed by atoms with Gasteiger partial charge in [-0.25, -0.2) is 0 Å². The van der Waals surface area contributed by atoms with E-state index in [1.165, 1.54) is 19.3 Å². The van der Waals surface area contributed by atoms with Gasteiger partial charge in [0, 0.05) is 11.4 Å². The van der Waals surface area contributed by atoms with Gasteiger partial charge in [-0.1, -0.05) is 32.0 Å². The normalized spacial score (nSPS) is 26.6. The molecule has 0 amide bonds. The molecule has 0 radical (unpaired) electrons. The highest BCUT2D eigenvalue weighted by molar-refractivity contribution is 5.83. The van der Waals surface area contributed by atoms with E-state index in [-0.39, 0.29) is 5.56 Å². The molecule has 1 saturated carbocycles. The molecule has 1 aliphatic carbocycles. The van der Waals surface area contributed by atoms with Crippen molar-refractivity contribution in [2.45, 2.75) is 39.2 Å². The van der Waals surface area contributed by atoms with Crippen molar-refractivity contribution in [3.05, 3.63) is 40.7 Å². The SMILES string of the molecule is CC1CCC(Nc2cc3ccccc3c(=O)[nH]2)C(C)C1. The minimum absolute atomic E-state index is 0.0116. The molecule has 1 fully saturated rings. The maximum absolute atomic E-state index is 12.1. The van der Waals surface area contributed by atoms with Crippen LogP contribution in [0.25, 0.3) is 10.8 Å². The van der Waals surface area contributed by atoms with Crippen molar-refractivity contribution in [1.29, 1.82) is 0 Å². The lowest BCUT2D eigenvalue weighted by Gasteiger charge is -2.33. The minimum atomic E-state index is -0.0116. The number of benzene rings is 1. The highest BCUT2D eigenvalue weighted by Gasteiger charge is 2.25. The van der Waals surface area contributed by atoms with Gasteiger partial charge in [0.05, 0.1) is 0 Å². The molecule has 3 atom stereocenters. The van der Waals surface area contributed by atoms with Gasteiger partial charge < -0.3 is 10.3 Å². The number of pyridine rings is 1. The summed E-state index contributed by atoms with van der Waals surface area (Å²) in [6.07, 6.45) is 3.70. The zero-order chi connectivity index (χ0) is 14.1. The van der Waals surface area contributed by atoms with Crippen molar-refractivity contribution in [2.75, 3.05) is 5.32 Å². The Labute approximate surface area is 119 Å². The summed E-state index contributed by atoms with van der Waals surface area (Å²) in [4.78, 5) is 15.0. The molecule has 1 heterocycles. The maximum atomic E-state index is 12.1. The van der Waals surface area contributed by atoms with Gasteiger partial charge in [-0.3, -0.25) is 4.79 Å². The summed E-state index contributed by atoms with van der Waals surface area (Å²) in [5.41, 5.74) is -0.0116. The third-order valence-corrected chi connectivity index (χ3v) is 4.53. The zero-order valence-corrected chi connectivity index (χ0v) is 12.1. The number of fused-ring (bicyclic) bond motifs is 1. The molecule has 0 saturated heterocycles. The first kappa shape index (κ1) is 13.2. The number of H-pyrrole nitrogens is 1. The number of aromatic nitrogens is 1. The molecule has 1 aromatic carbocycles. The molecule has 2 N–H and O–H groups in total. The van der Waals surface area contributed by atoms with E-state index in [0.717, 1.165) is 22.5 Å². The Kier molecular flexibility index (Phi) is 3.51. The summed E-state index contributed by atoms with van der Waals surface area (Å²) >= 11 is 0. The quantitative estimate of drug-likeness (QED) is 0.872. The van der Waals surface area contributed by atoms with Gasteiger partial charge >= 0.3 is 0 Å². The van der Waals surface area contributed by atoms with Crippen LogP contribution in [0.4, 0.5) is 5.82 Å². The molecule has 0 bridgehead atoms. The molecule has 1 aromatic heterocycles. The second kappa shape index (κ2) is 5.31. The topological polar surface area (TPSA) is 44.9 Å². The molecular formula is C17H22N2O. The van der Waals surface area contributed by atoms with E-state index in [1.807, 2.05) is 30.3 Å². The van der Waals surface area contributed by atoms with Crippen molar-refractivity contribution >= 4 is 16.6 Å². The van der Waals surface area contributed by atoms with E-state index >= 15 is 0 Å². The summed E-state index contributed by atoms with van der Waals surface area (Å²) in [7, 11) is 0. The van der Waals surface area contributed by atoms with E-state index in [9.17, 15) is 4.79 Å². The number of aromatic amines is 1. The first-order valence-electron chi connectivity index (χ1n) is 7.52. The number of nitrogens with one attached hydrogen (secondary N) is 2. The van der Waals surface area contributed by atoms with Crippen LogP contribution in [-0.2, 0) is 0 Å². The standard InChI is InChI=1S/C17H22N2O/c1-11-7-8-15(12(2)9-11)18-16-10-13-5-3-4-6-14(13)17(20)19-16/h3-6,10-12,15H,7-9H2,1-2H3,(H2,18,19,20). The van der Waals surface area contributed by atoms with E-state index in [4.69, 9.17) is 0 Å². The fourth-order valence-corrected chi connectivity index (χ4v) is 3.37. The van der Waals surface area contributed by atoms with Crippen LogP contribution in [0.5, 0.6) is 0 Å². The fraction of sp³-hybridized carbons (Fsp3) is 0.471. The van der Waals surface area contributed by atoms with E-state index in [2.05, 4.69) is 24.1 Å². The Bertz CT molecular complexity index is 661. The van der Waals surface area contributed by atoms with Gasteiger partial charge in [0.2, 0.25) is 0 Å². The van der Waals surface area contributed by atoms with E-state index < -0.39 is 0 Å². The largest absolute Gasteiger partial charge is 0.369 e. The maximum Gasteiger partial charge on any atom is 0.257 e. The third-order valence-electron chi connectivity index (χ3n) is 4.53. The van der Waals surface area contributed by atoms with Crippen LogP contribution in [0, 0.1) is 11.8 Å². The van der Waals surface area contributed by atoms with E-state index in [0.29, 0.717) is 12.0 Å². The van der Waals surface area contributed by atoms with Crippen molar-refractivity contribution in [2.24, 2.45) is 11.8 Å². The molecule has 1 aliphatic rings. The molecule has 3 unspecified atom stereocenters. The van der Waals surface area contributed by atoms with Gasteiger partial charge in [-0.2, -0.15) is 0 Å². The smallest absolute Gasteiger partial charge is 0.257 e. The van der Waals surface area contributed by atoms with Gasteiger partial charge in [0.1, 0.15) is 5.82 Å². The zero-order valence-electron chi connectivity index (χ0n) is 12.1. The number of hydrogen-bond donors (Lipinski definition) is 2. The molecule has 3 nitrogen and oxygen atoms in total. The van der Waals surface area contributed by atoms with Crippen LogP contribution in [0.3, 0.4) is 0 Å². The highest BCUT2D eigenvalue weighted by atomic mass is 16.1. The summed E-state index contributed by atoms with van der Waals surface area (Å²) in [5, 5.41) is 5.28. The molecule has 0 spiro atoms. The van der Waals surface area contributed by atoms with Crippen molar-refractivity contribution in [3.8, 4) is 0 Å². The second-order valence-electron chi connectivity index (χ2n) is 6.25. The van der Waals surface area contributed by atoms with Crippen LogP contribution < -0.4 is 10.9 Å². The lowest BCUT2D eigenvalue weighted by atomic mass is 9.80. The Morgan fingerprint density at radius 3 is 2.80 bits per heavy atom. The Morgan fingerprint density at radius 2 is 2.00 bits per heavy atom. The average molecular weight is 270 g/mol. The second-order valence-corrected chi connectivity index (χ2v) is 6.25. The number of hydrogen-bond acceptors (Lipinski definition) is 2. The molecule has 20 heavy (non-hydrogen) atoms. The molecule has 3 heteroatoms. The van der Waals surface area contributed by atoms with E-state index in [1.54, 1.807) is 0 Å². The Morgan fingerprint density at radius 1 is 1.20 bits per heavy atom. The molecular weight excluding hydrogens is 248 g/mol. The predicted octanol–water partition coefficient (Wildman–Crippen LogP) is 3.76. The number of anilines is 1. The summed E-state index contributed by atoms with van der Waals surface area (Å²) in [6, 6.07) is 10.2. The average Bonchev–Trinajstić information content (AvgIpc) is 2.42. The molecule has 2 aromatic rings. The first-order chi connectivity index (χ1) is 9.63. The van der Waals surface area contributed by atoms with Crippen molar-refractivity contribution in [3.63, 3.8) is 0 Å². The van der Waals surface area contributed by atoms with Crippen LogP contribution in [-0.4, -0.2) is 11.0 Å². The summed E-state index contributed by atoms with van der Waals surface area (Å²) in [5.74, 6) is 2.31.